The number of benzene rings is 2. The fourth-order valence-electron chi connectivity index (χ4n) is 2.36. The SMILES string of the molecule is CC(NC(=O)Nc1ccc(S(N)(=O)=O)cc1)Oc1ccccc1C(C)C. The number of rotatable bonds is 6. The van der Waals surface area contributed by atoms with Crippen LogP contribution in [0.4, 0.5) is 10.5 Å². The summed E-state index contributed by atoms with van der Waals surface area (Å²) in [4.78, 5) is 12.0. The van der Waals surface area contributed by atoms with E-state index in [1.807, 2.05) is 24.3 Å². The maximum Gasteiger partial charge on any atom is 0.322 e. The number of carbonyl (C=O) groups is 1. The van der Waals surface area contributed by atoms with Gasteiger partial charge in [0, 0.05) is 5.69 Å². The maximum absolute atomic E-state index is 12.1. The van der Waals surface area contributed by atoms with Crippen LogP contribution in [0.2, 0.25) is 0 Å². The summed E-state index contributed by atoms with van der Waals surface area (Å²) in [5.41, 5.74) is 1.49. The number of sulfonamides is 1. The van der Waals surface area contributed by atoms with Crippen molar-refractivity contribution in [3.8, 4) is 5.75 Å². The third kappa shape index (κ3) is 5.47. The largest absolute Gasteiger partial charge is 0.471 e. The van der Waals surface area contributed by atoms with Gasteiger partial charge in [0.2, 0.25) is 10.0 Å². The number of urea groups is 1. The number of carbonyl (C=O) groups excluding carboxylic acids is 1. The van der Waals surface area contributed by atoms with E-state index < -0.39 is 22.3 Å². The topological polar surface area (TPSA) is 111 Å². The Labute approximate surface area is 153 Å². The maximum atomic E-state index is 12.1. The minimum atomic E-state index is -3.76. The minimum absolute atomic E-state index is 0.0227. The van der Waals surface area contributed by atoms with Gasteiger partial charge in [-0.05, 0) is 48.7 Å². The summed E-state index contributed by atoms with van der Waals surface area (Å²) in [7, 11) is -3.76. The van der Waals surface area contributed by atoms with Crippen molar-refractivity contribution in [2.24, 2.45) is 5.14 Å². The van der Waals surface area contributed by atoms with E-state index in [-0.39, 0.29) is 4.90 Å². The highest BCUT2D eigenvalue weighted by Crippen LogP contribution is 2.26. The number of hydrogen-bond acceptors (Lipinski definition) is 4. The molecule has 2 aromatic rings. The van der Waals surface area contributed by atoms with E-state index in [0.717, 1.165) is 5.56 Å². The Morgan fingerprint density at radius 1 is 1.04 bits per heavy atom. The molecule has 140 valence electrons. The van der Waals surface area contributed by atoms with Gasteiger partial charge in [0.25, 0.3) is 0 Å². The van der Waals surface area contributed by atoms with Crippen molar-refractivity contribution in [2.45, 2.75) is 37.8 Å². The van der Waals surface area contributed by atoms with Crippen LogP contribution in [-0.2, 0) is 10.0 Å². The van der Waals surface area contributed by atoms with Crippen LogP contribution in [0.1, 0.15) is 32.3 Å². The Morgan fingerprint density at radius 2 is 1.65 bits per heavy atom. The lowest BCUT2D eigenvalue weighted by Gasteiger charge is -2.20. The van der Waals surface area contributed by atoms with E-state index in [1.54, 1.807) is 6.92 Å². The second kappa shape index (κ2) is 8.20. The van der Waals surface area contributed by atoms with Crippen LogP contribution in [0.15, 0.2) is 53.4 Å². The fourth-order valence-corrected chi connectivity index (χ4v) is 2.88. The molecule has 26 heavy (non-hydrogen) atoms. The van der Waals surface area contributed by atoms with Gasteiger partial charge in [-0.25, -0.2) is 18.4 Å². The lowest BCUT2D eigenvalue weighted by atomic mass is 10.0. The van der Waals surface area contributed by atoms with E-state index >= 15 is 0 Å². The zero-order chi connectivity index (χ0) is 19.3. The molecule has 4 N–H and O–H groups in total. The predicted molar refractivity (Wildman–Crippen MR) is 101 cm³/mol. The van der Waals surface area contributed by atoms with Gasteiger partial charge >= 0.3 is 6.03 Å². The van der Waals surface area contributed by atoms with E-state index in [0.29, 0.717) is 17.4 Å². The molecule has 0 heterocycles. The molecule has 0 fully saturated rings. The zero-order valence-corrected chi connectivity index (χ0v) is 15.7. The lowest BCUT2D eigenvalue weighted by Crippen LogP contribution is -2.39. The highest BCUT2D eigenvalue weighted by Gasteiger charge is 2.13. The molecule has 0 aliphatic heterocycles. The molecule has 0 saturated heterocycles. The average molecular weight is 377 g/mol. The third-order valence-corrected chi connectivity index (χ3v) is 4.55. The van der Waals surface area contributed by atoms with Gasteiger partial charge in [0.05, 0.1) is 4.90 Å². The lowest BCUT2D eigenvalue weighted by molar-refractivity contribution is 0.181. The Hall–Kier alpha value is -2.58. The number of hydrogen-bond donors (Lipinski definition) is 3. The number of anilines is 1. The van der Waals surface area contributed by atoms with Crippen LogP contribution in [0.5, 0.6) is 5.75 Å². The van der Waals surface area contributed by atoms with Crippen LogP contribution in [0, 0.1) is 0 Å². The van der Waals surface area contributed by atoms with Crippen molar-refractivity contribution in [2.75, 3.05) is 5.32 Å². The van der Waals surface area contributed by atoms with Gasteiger partial charge in [-0.3, -0.25) is 0 Å². The molecule has 2 aromatic carbocycles. The molecule has 7 nitrogen and oxygen atoms in total. The predicted octanol–water partition coefficient (Wildman–Crippen LogP) is 3.00. The van der Waals surface area contributed by atoms with Gasteiger partial charge in [-0.2, -0.15) is 0 Å². The van der Waals surface area contributed by atoms with Crippen LogP contribution in [-0.4, -0.2) is 20.7 Å². The smallest absolute Gasteiger partial charge is 0.322 e. The van der Waals surface area contributed by atoms with Gasteiger partial charge < -0.3 is 15.4 Å². The van der Waals surface area contributed by atoms with E-state index in [4.69, 9.17) is 9.88 Å². The molecule has 0 radical (unpaired) electrons. The summed E-state index contributed by atoms with van der Waals surface area (Å²) in [5.74, 6) is 1.01. The number of ether oxygens (including phenoxy) is 1. The van der Waals surface area contributed by atoms with Crippen molar-refractivity contribution < 1.29 is 17.9 Å². The summed E-state index contributed by atoms with van der Waals surface area (Å²) in [6, 6.07) is 12.8. The summed E-state index contributed by atoms with van der Waals surface area (Å²) in [6.07, 6.45) is -0.557. The third-order valence-electron chi connectivity index (χ3n) is 3.62. The number of amides is 2. The van der Waals surface area contributed by atoms with E-state index in [1.165, 1.54) is 24.3 Å². The number of primary sulfonamides is 1. The van der Waals surface area contributed by atoms with Crippen molar-refractivity contribution in [3.05, 3.63) is 54.1 Å². The Kier molecular flexibility index (Phi) is 6.23. The van der Waals surface area contributed by atoms with Gasteiger partial charge in [-0.1, -0.05) is 32.0 Å². The number of nitrogens with two attached hydrogens (primary N) is 1. The first-order valence-electron chi connectivity index (χ1n) is 8.13. The highest BCUT2D eigenvalue weighted by molar-refractivity contribution is 7.89. The van der Waals surface area contributed by atoms with Crippen molar-refractivity contribution in [3.63, 3.8) is 0 Å². The summed E-state index contributed by atoms with van der Waals surface area (Å²) in [5, 5.41) is 10.3. The molecule has 0 aliphatic rings. The molecular weight excluding hydrogens is 354 g/mol. The van der Waals surface area contributed by atoms with Gasteiger partial charge in [-0.15, -0.1) is 0 Å². The molecule has 1 unspecified atom stereocenters. The summed E-state index contributed by atoms with van der Waals surface area (Å²) < 4.78 is 28.3. The van der Waals surface area contributed by atoms with E-state index in [2.05, 4.69) is 24.5 Å². The first-order valence-corrected chi connectivity index (χ1v) is 9.67. The number of nitrogens with one attached hydrogen (secondary N) is 2. The van der Waals surface area contributed by atoms with Gasteiger partial charge in [0.15, 0.2) is 6.23 Å². The summed E-state index contributed by atoms with van der Waals surface area (Å²) >= 11 is 0. The molecule has 2 rings (SSSR count). The number of para-hydroxylation sites is 1. The molecule has 0 saturated carbocycles. The molecule has 0 aliphatic carbocycles. The molecule has 2 amide bonds. The van der Waals surface area contributed by atoms with Crippen LogP contribution in [0.3, 0.4) is 0 Å². The van der Waals surface area contributed by atoms with Crippen LogP contribution >= 0.6 is 0 Å². The zero-order valence-electron chi connectivity index (χ0n) is 14.9. The van der Waals surface area contributed by atoms with Crippen LogP contribution < -0.4 is 20.5 Å². The second-order valence-electron chi connectivity index (χ2n) is 6.12. The Morgan fingerprint density at radius 3 is 2.23 bits per heavy atom. The Balaban J connectivity index is 1.95. The molecule has 1 atom stereocenters. The Bertz CT molecular complexity index is 864. The second-order valence-corrected chi connectivity index (χ2v) is 7.68. The van der Waals surface area contributed by atoms with Crippen molar-refractivity contribution in [1.82, 2.24) is 5.32 Å². The van der Waals surface area contributed by atoms with Crippen molar-refractivity contribution in [1.29, 1.82) is 0 Å². The quantitative estimate of drug-likeness (QED) is 0.672. The normalized spacial score (nSPS) is 12.5. The first kappa shape index (κ1) is 19.7. The average Bonchev–Trinajstić information content (AvgIpc) is 2.54. The van der Waals surface area contributed by atoms with Crippen LogP contribution in [0.25, 0.3) is 0 Å². The first-order chi connectivity index (χ1) is 12.2. The molecule has 8 heteroatoms. The molecule has 0 bridgehead atoms. The standard InChI is InChI=1S/C18H23N3O4S/c1-12(2)16-6-4-5-7-17(16)25-13(3)20-18(22)21-14-8-10-15(11-9-14)26(19,23)24/h4-13H,1-3H3,(H2,19,23,24)(H2,20,21,22). The monoisotopic (exact) mass is 377 g/mol. The molecular formula is C18H23N3O4S. The highest BCUT2D eigenvalue weighted by atomic mass is 32.2. The molecule has 0 spiro atoms. The van der Waals surface area contributed by atoms with Gasteiger partial charge in [0.1, 0.15) is 5.75 Å². The van der Waals surface area contributed by atoms with E-state index in [9.17, 15) is 13.2 Å². The fraction of sp³-hybridized carbons (Fsp3) is 0.278. The summed E-state index contributed by atoms with van der Waals surface area (Å²) in [6.45, 7) is 5.86. The minimum Gasteiger partial charge on any atom is -0.471 e. The molecule has 0 aromatic heterocycles. The van der Waals surface area contributed by atoms with Crippen molar-refractivity contribution >= 4 is 21.7 Å².